The molecule has 1 aliphatic rings. The van der Waals surface area contributed by atoms with Gasteiger partial charge in [-0.05, 0) is 72.7 Å². The van der Waals surface area contributed by atoms with Crippen LogP contribution in [0.1, 0.15) is 28.4 Å². The molecule has 4 amide bonds. The van der Waals surface area contributed by atoms with Gasteiger partial charge in [0.25, 0.3) is 11.8 Å². The lowest BCUT2D eigenvalue weighted by Gasteiger charge is -2.26. The highest BCUT2D eigenvalue weighted by atomic mass is 16.5. The quantitative estimate of drug-likeness (QED) is 0.322. The number of amides is 4. The number of methoxy groups -OCH3 is 1. The zero-order chi connectivity index (χ0) is 27.2. The second-order valence-corrected chi connectivity index (χ2v) is 8.09. The minimum absolute atomic E-state index is 0.163. The molecule has 1 heterocycles. The molecule has 0 aliphatic carbocycles. The Kier molecular flexibility index (Phi) is 7.72. The number of rotatable bonds is 9. The first-order valence-corrected chi connectivity index (χ1v) is 11.6. The van der Waals surface area contributed by atoms with Crippen molar-refractivity contribution in [2.24, 2.45) is 0 Å². The van der Waals surface area contributed by atoms with Crippen LogP contribution >= 0.6 is 0 Å². The second kappa shape index (κ2) is 11.3. The van der Waals surface area contributed by atoms with Crippen LogP contribution in [0.15, 0.2) is 72.3 Å². The van der Waals surface area contributed by atoms with Crippen LogP contribution in [-0.2, 0) is 16.2 Å². The molecular weight excluding hydrogens is 492 g/mol. The van der Waals surface area contributed by atoms with Crippen molar-refractivity contribution in [1.29, 1.82) is 0 Å². The number of nitrogens with zero attached hydrogens (tertiary/aromatic N) is 1. The van der Waals surface area contributed by atoms with E-state index < -0.39 is 23.8 Å². The van der Waals surface area contributed by atoms with Crippen molar-refractivity contribution in [3.8, 4) is 17.2 Å². The van der Waals surface area contributed by atoms with Gasteiger partial charge in [0.1, 0.15) is 17.9 Å². The summed E-state index contributed by atoms with van der Waals surface area (Å²) < 4.78 is 16.6. The number of aromatic carboxylic acids is 1. The molecule has 2 N–H and O–H groups in total. The molecule has 0 saturated carbocycles. The normalized spacial score (nSPS) is 14.3. The summed E-state index contributed by atoms with van der Waals surface area (Å²) >= 11 is 0. The summed E-state index contributed by atoms with van der Waals surface area (Å²) in [5, 5.41) is 11.2. The van der Waals surface area contributed by atoms with Gasteiger partial charge in [-0.2, -0.15) is 0 Å². The summed E-state index contributed by atoms with van der Waals surface area (Å²) in [6.07, 6.45) is 1.36. The lowest BCUT2D eigenvalue weighted by molar-refractivity contribution is -0.122. The summed E-state index contributed by atoms with van der Waals surface area (Å²) in [5.41, 5.74) is 1.46. The van der Waals surface area contributed by atoms with E-state index in [-0.39, 0.29) is 23.4 Å². The number of hydrogen-bond acceptors (Lipinski definition) is 7. The smallest absolute Gasteiger partial charge is 0.335 e. The molecular formula is C28H24N2O8. The van der Waals surface area contributed by atoms with Gasteiger partial charge < -0.3 is 19.3 Å². The van der Waals surface area contributed by atoms with Crippen LogP contribution in [0.3, 0.4) is 0 Å². The Balaban J connectivity index is 1.54. The molecule has 0 aromatic heterocycles. The Morgan fingerprint density at radius 3 is 2.29 bits per heavy atom. The van der Waals surface area contributed by atoms with Gasteiger partial charge >= 0.3 is 12.0 Å². The molecule has 1 aliphatic heterocycles. The largest absolute Gasteiger partial charge is 0.494 e. The molecule has 1 saturated heterocycles. The fourth-order valence-corrected chi connectivity index (χ4v) is 3.71. The number of hydrogen-bond donors (Lipinski definition) is 2. The van der Waals surface area contributed by atoms with Crippen molar-refractivity contribution in [2.75, 3.05) is 18.6 Å². The van der Waals surface area contributed by atoms with Gasteiger partial charge in [0.15, 0.2) is 11.5 Å². The molecule has 0 spiro atoms. The van der Waals surface area contributed by atoms with Gasteiger partial charge in [0.2, 0.25) is 0 Å². The highest BCUT2D eigenvalue weighted by Gasteiger charge is 2.36. The van der Waals surface area contributed by atoms with E-state index in [9.17, 15) is 19.2 Å². The van der Waals surface area contributed by atoms with E-state index in [4.69, 9.17) is 19.3 Å². The number of carbonyl (C=O) groups excluding carboxylic acids is 3. The summed E-state index contributed by atoms with van der Waals surface area (Å²) in [6.45, 7) is 2.47. The van der Waals surface area contributed by atoms with E-state index in [2.05, 4.69) is 5.32 Å². The molecule has 10 heteroatoms. The topological polar surface area (TPSA) is 131 Å². The predicted octanol–water partition coefficient (Wildman–Crippen LogP) is 4.04. The van der Waals surface area contributed by atoms with Crippen LogP contribution in [0.4, 0.5) is 10.5 Å². The van der Waals surface area contributed by atoms with Crippen LogP contribution < -0.4 is 24.4 Å². The first-order valence-electron chi connectivity index (χ1n) is 11.6. The van der Waals surface area contributed by atoms with Crippen molar-refractivity contribution in [3.05, 3.63) is 89.0 Å². The third kappa shape index (κ3) is 5.65. The second-order valence-electron chi connectivity index (χ2n) is 8.09. The van der Waals surface area contributed by atoms with E-state index in [1.165, 1.54) is 25.3 Å². The SMILES string of the molecule is CCOc1ccc(N2C(=O)NC(=O)/C(=C\c3ccc(OCc4ccc(C(=O)O)cc4)c(OC)c3)C2=O)cc1. The third-order valence-corrected chi connectivity index (χ3v) is 5.60. The molecule has 0 atom stereocenters. The van der Waals surface area contributed by atoms with Gasteiger partial charge in [-0.3, -0.25) is 14.9 Å². The van der Waals surface area contributed by atoms with Crippen molar-refractivity contribution < 1.29 is 38.5 Å². The molecule has 3 aromatic rings. The maximum absolute atomic E-state index is 13.2. The lowest BCUT2D eigenvalue weighted by Crippen LogP contribution is -2.54. The highest BCUT2D eigenvalue weighted by molar-refractivity contribution is 6.39. The number of benzene rings is 3. The highest BCUT2D eigenvalue weighted by Crippen LogP contribution is 2.31. The number of carboxylic acid groups (broad SMARTS) is 1. The van der Waals surface area contributed by atoms with Gasteiger partial charge in [0, 0.05) is 0 Å². The van der Waals surface area contributed by atoms with Crippen LogP contribution in [0.2, 0.25) is 0 Å². The average Bonchev–Trinajstić information content (AvgIpc) is 2.91. The summed E-state index contributed by atoms with van der Waals surface area (Å²) in [5.74, 6) is -1.26. The molecule has 1 fully saturated rings. The third-order valence-electron chi connectivity index (χ3n) is 5.60. The first kappa shape index (κ1) is 26.0. The maximum atomic E-state index is 13.2. The van der Waals surface area contributed by atoms with E-state index in [0.717, 1.165) is 10.5 Å². The first-order chi connectivity index (χ1) is 18.3. The predicted molar refractivity (Wildman–Crippen MR) is 137 cm³/mol. The monoisotopic (exact) mass is 516 g/mol. The number of imide groups is 2. The average molecular weight is 517 g/mol. The summed E-state index contributed by atoms with van der Waals surface area (Å²) in [6, 6.07) is 16.6. The molecule has 10 nitrogen and oxygen atoms in total. The van der Waals surface area contributed by atoms with Gasteiger partial charge in [0.05, 0.1) is 25.0 Å². The van der Waals surface area contributed by atoms with Crippen molar-refractivity contribution in [3.63, 3.8) is 0 Å². The molecule has 0 radical (unpaired) electrons. The molecule has 0 unspecified atom stereocenters. The lowest BCUT2D eigenvalue weighted by atomic mass is 10.1. The fraction of sp³-hybridized carbons (Fsp3) is 0.143. The number of carboxylic acids is 1. The van der Waals surface area contributed by atoms with E-state index in [1.807, 2.05) is 6.92 Å². The number of carbonyl (C=O) groups is 4. The number of ether oxygens (including phenoxy) is 3. The van der Waals surface area contributed by atoms with Crippen LogP contribution in [0.25, 0.3) is 6.08 Å². The standard InChI is InChI=1S/C28H24N2O8/c1-3-37-21-11-9-20(10-12-21)30-26(32)22(25(31)29-28(30)35)14-18-6-13-23(24(15-18)36-2)38-16-17-4-7-19(8-5-17)27(33)34/h4-15H,3,16H2,1-2H3,(H,33,34)(H,29,31,35)/b22-14+. The molecule has 194 valence electrons. The fourth-order valence-electron chi connectivity index (χ4n) is 3.71. The Bertz CT molecular complexity index is 1410. The van der Waals surface area contributed by atoms with Crippen molar-refractivity contribution >= 4 is 35.6 Å². The number of urea groups is 1. The van der Waals surface area contributed by atoms with E-state index in [1.54, 1.807) is 54.6 Å². The molecule has 3 aromatic carbocycles. The van der Waals surface area contributed by atoms with E-state index in [0.29, 0.717) is 29.4 Å². The maximum Gasteiger partial charge on any atom is 0.335 e. The van der Waals surface area contributed by atoms with E-state index >= 15 is 0 Å². The number of nitrogens with one attached hydrogen (secondary N) is 1. The minimum Gasteiger partial charge on any atom is -0.494 e. The molecule has 4 rings (SSSR count). The zero-order valence-corrected chi connectivity index (χ0v) is 20.6. The Hall–Kier alpha value is -5.12. The van der Waals surface area contributed by atoms with Crippen molar-refractivity contribution in [1.82, 2.24) is 5.32 Å². The van der Waals surface area contributed by atoms with Crippen LogP contribution in [0.5, 0.6) is 17.2 Å². The van der Waals surface area contributed by atoms with Crippen LogP contribution in [0, 0.1) is 0 Å². The minimum atomic E-state index is -1.01. The Labute approximate surface area is 218 Å². The molecule has 0 bridgehead atoms. The summed E-state index contributed by atoms with van der Waals surface area (Å²) in [4.78, 5) is 50.0. The van der Waals surface area contributed by atoms with Crippen molar-refractivity contribution in [2.45, 2.75) is 13.5 Å². The van der Waals surface area contributed by atoms with Gasteiger partial charge in [-0.15, -0.1) is 0 Å². The Morgan fingerprint density at radius 1 is 0.947 bits per heavy atom. The summed E-state index contributed by atoms with van der Waals surface area (Å²) in [7, 11) is 1.45. The van der Waals surface area contributed by atoms with Gasteiger partial charge in [-0.25, -0.2) is 14.5 Å². The Morgan fingerprint density at radius 2 is 1.66 bits per heavy atom. The zero-order valence-electron chi connectivity index (χ0n) is 20.6. The number of barbiturate groups is 1. The molecule has 38 heavy (non-hydrogen) atoms. The van der Waals surface area contributed by atoms with Crippen LogP contribution in [-0.4, -0.2) is 42.6 Å². The number of anilines is 1. The van der Waals surface area contributed by atoms with Gasteiger partial charge in [-0.1, -0.05) is 18.2 Å².